The number of carbonyl (C=O) groups is 3. The van der Waals surface area contributed by atoms with Crippen molar-refractivity contribution in [3.63, 3.8) is 0 Å². The number of methoxy groups -OCH3 is 1. The quantitative estimate of drug-likeness (QED) is 0.501. The van der Waals surface area contributed by atoms with Crippen LogP contribution >= 0.6 is 11.3 Å². The third-order valence-electron chi connectivity index (χ3n) is 4.76. The molecule has 1 aromatic carbocycles. The molecule has 0 saturated heterocycles. The van der Waals surface area contributed by atoms with E-state index in [2.05, 4.69) is 10.6 Å². The van der Waals surface area contributed by atoms with Gasteiger partial charge in [-0.1, -0.05) is 0 Å². The number of hydrogen-bond acceptors (Lipinski definition) is 9. The van der Waals surface area contributed by atoms with Crippen LogP contribution in [-0.2, 0) is 17.7 Å². The van der Waals surface area contributed by atoms with Crippen molar-refractivity contribution in [2.24, 2.45) is 0 Å². The number of anilines is 1. The number of non-ortho nitro benzene ring substituents is 2. The molecule has 3 rings (SSSR count). The summed E-state index contributed by atoms with van der Waals surface area (Å²) in [4.78, 5) is 59.8. The van der Waals surface area contributed by atoms with Gasteiger partial charge in [-0.15, -0.1) is 11.3 Å². The molecule has 0 unspecified atom stereocenters. The summed E-state index contributed by atoms with van der Waals surface area (Å²) in [6, 6.07) is 2.57. The number of thiophene rings is 1. The van der Waals surface area contributed by atoms with Gasteiger partial charge >= 0.3 is 6.09 Å². The van der Waals surface area contributed by atoms with Crippen LogP contribution in [0.1, 0.15) is 31.2 Å². The van der Waals surface area contributed by atoms with Gasteiger partial charge in [-0.05, 0) is 12.0 Å². The van der Waals surface area contributed by atoms with Gasteiger partial charge in [0.2, 0.25) is 0 Å². The predicted molar refractivity (Wildman–Crippen MR) is 112 cm³/mol. The van der Waals surface area contributed by atoms with Crippen molar-refractivity contribution in [2.45, 2.75) is 13.0 Å². The van der Waals surface area contributed by atoms with E-state index in [4.69, 9.17) is 4.74 Å². The summed E-state index contributed by atoms with van der Waals surface area (Å²) < 4.78 is 4.73. The third-order valence-corrected chi connectivity index (χ3v) is 5.89. The zero-order valence-corrected chi connectivity index (χ0v) is 17.7. The van der Waals surface area contributed by atoms with Gasteiger partial charge in [0.1, 0.15) is 5.00 Å². The number of nitrogens with one attached hydrogen (secondary N) is 2. The minimum Gasteiger partial charge on any atom is -0.453 e. The van der Waals surface area contributed by atoms with Crippen LogP contribution in [0, 0.1) is 20.2 Å². The van der Waals surface area contributed by atoms with Crippen LogP contribution < -0.4 is 10.6 Å². The van der Waals surface area contributed by atoms with Gasteiger partial charge in [0.05, 0.1) is 40.7 Å². The Bertz CT molecular complexity index is 1110. The summed E-state index contributed by atoms with van der Waals surface area (Å²) in [6.07, 6.45) is -0.179. The summed E-state index contributed by atoms with van der Waals surface area (Å²) in [5.74, 6) is -1.32. The van der Waals surface area contributed by atoms with Crippen LogP contribution in [0.5, 0.6) is 0 Å². The highest BCUT2D eigenvalue weighted by Crippen LogP contribution is 2.37. The average molecular weight is 463 g/mol. The van der Waals surface area contributed by atoms with Crippen molar-refractivity contribution in [1.29, 1.82) is 0 Å². The Balaban J connectivity index is 1.99. The third kappa shape index (κ3) is 4.34. The fourth-order valence-corrected chi connectivity index (χ4v) is 4.51. The summed E-state index contributed by atoms with van der Waals surface area (Å²) in [6.45, 7) is 0.486. The maximum atomic E-state index is 12.8. The van der Waals surface area contributed by atoms with Crippen LogP contribution in [0.4, 0.5) is 21.2 Å². The van der Waals surface area contributed by atoms with Gasteiger partial charge in [-0.2, -0.15) is 0 Å². The number of rotatable bonds is 5. The number of ether oxygens (including phenoxy) is 1. The van der Waals surface area contributed by atoms with Crippen LogP contribution in [-0.4, -0.2) is 53.4 Å². The molecule has 1 aliphatic heterocycles. The van der Waals surface area contributed by atoms with Gasteiger partial charge in [-0.3, -0.25) is 29.8 Å². The molecule has 32 heavy (non-hydrogen) atoms. The first-order chi connectivity index (χ1) is 15.2. The Kier molecular flexibility index (Phi) is 6.34. The summed E-state index contributed by atoms with van der Waals surface area (Å²) in [5, 5.41) is 27.4. The number of fused-ring (bicyclic) bond motifs is 1. The molecule has 0 atom stereocenters. The summed E-state index contributed by atoms with van der Waals surface area (Å²) in [7, 11) is 2.68. The molecule has 14 heteroatoms. The van der Waals surface area contributed by atoms with Gasteiger partial charge in [0.15, 0.2) is 0 Å². The first-order valence-corrected chi connectivity index (χ1v) is 9.92. The molecule has 2 N–H and O–H groups in total. The standard InChI is InChI=1S/C18H17N5O8S/c1-19-16(25)14-12-3-4-21(18(26)31-2)8-13(12)32-17(14)20-15(24)9-5-10(22(27)28)7-11(6-9)23(29)30/h5-7H,3-4,8H2,1-2H3,(H,19,25)(H,20,24). The molecule has 0 bridgehead atoms. The normalized spacial score (nSPS) is 12.5. The van der Waals surface area contributed by atoms with Gasteiger partial charge < -0.3 is 20.3 Å². The van der Waals surface area contributed by atoms with Crippen LogP contribution in [0.25, 0.3) is 0 Å². The maximum Gasteiger partial charge on any atom is 0.409 e. The zero-order chi connectivity index (χ0) is 23.6. The van der Waals surface area contributed by atoms with Crippen molar-refractivity contribution >= 4 is 45.6 Å². The fourth-order valence-electron chi connectivity index (χ4n) is 3.25. The van der Waals surface area contributed by atoms with Crippen molar-refractivity contribution < 1.29 is 29.0 Å². The van der Waals surface area contributed by atoms with Crippen molar-refractivity contribution in [1.82, 2.24) is 10.2 Å². The molecule has 168 valence electrons. The minimum absolute atomic E-state index is 0.167. The minimum atomic E-state index is -0.856. The highest BCUT2D eigenvalue weighted by Gasteiger charge is 2.31. The molecule has 2 heterocycles. The van der Waals surface area contributed by atoms with Crippen molar-refractivity contribution in [3.05, 3.63) is 60.0 Å². The molecule has 2 aromatic rings. The lowest BCUT2D eigenvalue weighted by atomic mass is 10.0. The highest BCUT2D eigenvalue weighted by atomic mass is 32.1. The van der Waals surface area contributed by atoms with E-state index in [-0.39, 0.29) is 22.7 Å². The van der Waals surface area contributed by atoms with E-state index in [9.17, 15) is 34.6 Å². The second-order valence-corrected chi connectivity index (χ2v) is 7.74. The molecule has 0 radical (unpaired) electrons. The van der Waals surface area contributed by atoms with Gasteiger partial charge in [0.25, 0.3) is 23.2 Å². The Labute approximate surface area is 184 Å². The van der Waals surface area contributed by atoms with E-state index < -0.39 is 39.1 Å². The molecule has 0 fully saturated rings. The van der Waals surface area contributed by atoms with Gasteiger partial charge in [-0.25, -0.2) is 4.79 Å². The molecule has 1 aliphatic rings. The highest BCUT2D eigenvalue weighted by molar-refractivity contribution is 7.17. The lowest BCUT2D eigenvalue weighted by Crippen LogP contribution is -2.35. The van der Waals surface area contributed by atoms with E-state index in [0.717, 1.165) is 29.5 Å². The van der Waals surface area contributed by atoms with Crippen LogP contribution in [0.3, 0.4) is 0 Å². The SMILES string of the molecule is CNC(=O)c1c(NC(=O)c2cc([N+](=O)[O-])cc([N+](=O)[O-])c2)sc2c1CCN(C(=O)OC)C2. The number of hydrogen-bond donors (Lipinski definition) is 2. The Morgan fingerprint density at radius 3 is 2.25 bits per heavy atom. The predicted octanol–water partition coefficient (Wildman–Crippen LogP) is 2.30. The summed E-state index contributed by atoms with van der Waals surface area (Å²) in [5.41, 5.74) is -0.665. The van der Waals surface area contributed by atoms with Gasteiger partial charge in [0, 0.05) is 30.6 Å². The second-order valence-electron chi connectivity index (χ2n) is 6.64. The molecule has 1 aromatic heterocycles. The average Bonchev–Trinajstić information content (AvgIpc) is 3.14. The summed E-state index contributed by atoms with van der Waals surface area (Å²) >= 11 is 1.07. The van der Waals surface area contributed by atoms with E-state index in [0.29, 0.717) is 23.4 Å². The van der Waals surface area contributed by atoms with E-state index in [1.165, 1.54) is 19.1 Å². The molecule has 0 spiro atoms. The molecule has 0 saturated carbocycles. The van der Waals surface area contributed by atoms with Crippen molar-refractivity contribution in [2.75, 3.05) is 26.0 Å². The molecule has 0 aliphatic carbocycles. The first kappa shape index (κ1) is 22.6. The molecular weight excluding hydrogens is 446 g/mol. The molecule has 13 nitrogen and oxygen atoms in total. The van der Waals surface area contributed by atoms with E-state index in [1.807, 2.05) is 0 Å². The van der Waals surface area contributed by atoms with Crippen LogP contribution in [0.15, 0.2) is 18.2 Å². The topological polar surface area (TPSA) is 174 Å². The second kappa shape index (κ2) is 8.97. The first-order valence-electron chi connectivity index (χ1n) is 9.11. The number of nitro benzene ring substituents is 2. The number of benzene rings is 1. The van der Waals surface area contributed by atoms with E-state index in [1.54, 1.807) is 0 Å². The zero-order valence-electron chi connectivity index (χ0n) is 16.9. The number of carbonyl (C=O) groups excluding carboxylic acids is 3. The van der Waals surface area contributed by atoms with Crippen LogP contribution in [0.2, 0.25) is 0 Å². The van der Waals surface area contributed by atoms with E-state index >= 15 is 0 Å². The lowest BCUT2D eigenvalue weighted by Gasteiger charge is -2.25. The van der Waals surface area contributed by atoms with Crippen molar-refractivity contribution in [3.8, 4) is 0 Å². The largest absolute Gasteiger partial charge is 0.453 e. The molecule has 3 amide bonds. The fraction of sp³-hybridized carbons (Fsp3) is 0.278. The Morgan fingerprint density at radius 1 is 1.09 bits per heavy atom. The number of amides is 3. The lowest BCUT2D eigenvalue weighted by molar-refractivity contribution is -0.394. The number of nitro groups is 2. The number of nitrogens with zero attached hydrogens (tertiary/aromatic N) is 3. The Morgan fingerprint density at radius 2 is 1.72 bits per heavy atom. The Hall–Kier alpha value is -4.07. The smallest absolute Gasteiger partial charge is 0.409 e. The molecular formula is C18H17N5O8S. The maximum absolute atomic E-state index is 12.8. The monoisotopic (exact) mass is 463 g/mol.